The molecule has 0 saturated carbocycles. The minimum atomic E-state index is 0.358. The van der Waals surface area contributed by atoms with Crippen LogP contribution in [0.3, 0.4) is 0 Å². The van der Waals surface area contributed by atoms with Gasteiger partial charge in [0.15, 0.2) is 0 Å². The first-order valence-electron chi connectivity index (χ1n) is 5.49. The van der Waals surface area contributed by atoms with Crippen LogP contribution in [0.4, 0.5) is 0 Å². The Hall–Kier alpha value is -0.820. The molecule has 14 heavy (non-hydrogen) atoms. The third-order valence-electron chi connectivity index (χ3n) is 2.90. The molecule has 0 aromatic heterocycles. The summed E-state index contributed by atoms with van der Waals surface area (Å²) in [4.78, 5) is 0. The van der Waals surface area contributed by atoms with Crippen LogP contribution in [0.25, 0.3) is 0 Å². The topological polar surface area (TPSA) is 9.23 Å². The van der Waals surface area contributed by atoms with Crippen molar-refractivity contribution < 1.29 is 4.74 Å². The van der Waals surface area contributed by atoms with E-state index in [2.05, 4.69) is 38.1 Å². The zero-order valence-electron chi connectivity index (χ0n) is 8.99. The Balaban J connectivity index is 2.12. The lowest BCUT2D eigenvalue weighted by atomic mass is 9.99. The molecule has 1 nitrogen and oxygen atoms in total. The Bertz CT molecular complexity index is 281. The fourth-order valence-electron chi connectivity index (χ4n) is 1.94. The number of hydrogen-bond donors (Lipinski definition) is 0. The van der Waals surface area contributed by atoms with E-state index in [1.165, 1.54) is 24.0 Å². The summed E-state index contributed by atoms with van der Waals surface area (Å²) in [5.41, 5.74) is 2.75. The molecule has 1 saturated heterocycles. The Morgan fingerprint density at radius 2 is 1.93 bits per heavy atom. The Labute approximate surface area is 86.1 Å². The molecule has 0 bridgehead atoms. The van der Waals surface area contributed by atoms with Gasteiger partial charge in [0.25, 0.3) is 0 Å². The van der Waals surface area contributed by atoms with E-state index < -0.39 is 0 Å². The number of hydrogen-bond acceptors (Lipinski definition) is 1. The number of rotatable bonds is 2. The van der Waals surface area contributed by atoms with Gasteiger partial charge in [-0.1, -0.05) is 38.1 Å². The summed E-state index contributed by atoms with van der Waals surface area (Å²) in [6.07, 6.45) is 2.74. The fraction of sp³-hybridized carbons (Fsp3) is 0.538. The van der Waals surface area contributed by atoms with Gasteiger partial charge in [0.2, 0.25) is 0 Å². The Morgan fingerprint density at radius 3 is 2.43 bits per heavy atom. The van der Waals surface area contributed by atoms with Gasteiger partial charge in [-0.15, -0.1) is 0 Å². The smallest absolute Gasteiger partial charge is 0.0825 e. The van der Waals surface area contributed by atoms with Gasteiger partial charge in [0.05, 0.1) is 6.10 Å². The van der Waals surface area contributed by atoms with Gasteiger partial charge in [-0.2, -0.15) is 0 Å². The Morgan fingerprint density at radius 1 is 1.21 bits per heavy atom. The second-order valence-corrected chi connectivity index (χ2v) is 4.32. The van der Waals surface area contributed by atoms with Gasteiger partial charge >= 0.3 is 0 Å². The van der Waals surface area contributed by atoms with E-state index in [1.807, 2.05) is 0 Å². The molecule has 1 atom stereocenters. The van der Waals surface area contributed by atoms with E-state index in [1.54, 1.807) is 0 Å². The Kier molecular flexibility index (Phi) is 2.87. The molecule has 1 aromatic rings. The largest absolute Gasteiger partial charge is 0.374 e. The average molecular weight is 190 g/mol. The third-order valence-corrected chi connectivity index (χ3v) is 2.90. The lowest BCUT2D eigenvalue weighted by Crippen LogP contribution is -1.96. The van der Waals surface area contributed by atoms with E-state index in [0.717, 1.165) is 6.61 Å². The summed E-state index contributed by atoms with van der Waals surface area (Å²) in [5.74, 6) is 0.619. The van der Waals surface area contributed by atoms with Gasteiger partial charge in [0.1, 0.15) is 0 Å². The zero-order valence-corrected chi connectivity index (χ0v) is 8.99. The SMILES string of the molecule is CC(C)c1ccc(C2CCCO2)cc1. The highest BCUT2D eigenvalue weighted by Gasteiger charge is 2.17. The summed E-state index contributed by atoms with van der Waals surface area (Å²) in [7, 11) is 0. The molecule has 0 aliphatic carbocycles. The van der Waals surface area contributed by atoms with Crippen molar-refractivity contribution in [1.29, 1.82) is 0 Å². The maximum absolute atomic E-state index is 5.64. The van der Waals surface area contributed by atoms with Crippen LogP contribution in [0.1, 0.15) is 49.8 Å². The molecular formula is C13H18O. The second-order valence-electron chi connectivity index (χ2n) is 4.32. The lowest BCUT2D eigenvalue weighted by molar-refractivity contribution is 0.112. The summed E-state index contributed by atoms with van der Waals surface area (Å²) in [6.45, 7) is 5.37. The average Bonchev–Trinajstić information content (AvgIpc) is 2.71. The van der Waals surface area contributed by atoms with Crippen LogP contribution in [0.15, 0.2) is 24.3 Å². The highest BCUT2D eigenvalue weighted by Crippen LogP contribution is 2.29. The van der Waals surface area contributed by atoms with Gasteiger partial charge in [-0.25, -0.2) is 0 Å². The normalized spacial score (nSPS) is 21.8. The fourth-order valence-corrected chi connectivity index (χ4v) is 1.94. The van der Waals surface area contributed by atoms with Crippen molar-refractivity contribution >= 4 is 0 Å². The molecule has 1 unspecified atom stereocenters. The molecule has 1 heteroatoms. The lowest BCUT2D eigenvalue weighted by Gasteiger charge is -2.11. The predicted molar refractivity (Wildman–Crippen MR) is 58.5 cm³/mol. The van der Waals surface area contributed by atoms with E-state index in [-0.39, 0.29) is 0 Å². The van der Waals surface area contributed by atoms with Crippen molar-refractivity contribution in [1.82, 2.24) is 0 Å². The first-order chi connectivity index (χ1) is 6.77. The highest BCUT2D eigenvalue weighted by molar-refractivity contribution is 5.26. The van der Waals surface area contributed by atoms with E-state index in [4.69, 9.17) is 4.74 Å². The predicted octanol–water partition coefficient (Wildman–Crippen LogP) is 3.66. The first kappa shape index (κ1) is 9.72. The van der Waals surface area contributed by atoms with Gasteiger partial charge in [-0.3, -0.25) is 0 Å². The molecule has 1 aromatic carbocycles. The van der Waals surface area contributed by atoms with Crippen molar-refractivity contribution in [2.24, 2.45) is 0 Å². The molecule has 1 aliphatic heterocycles. The van der Waals surface area contributed by atoms with Crippen molar-refractivity contribution in [3.8, 4) is 0 Å². The van der Waals surface area contributed by atoms with Crippen LogP contribution >= 0.6 is 0 Å². The van der Waals surface area contributed by atoms with Crippen LogP contribution < -0.4 is 0 Å². The van der Waals surface area contributed by atoms with Gasteiger partial charge < -0.3 is 4.74 Å². The quantitative estimate of drug-likeness (QED) is 0.691. The van der Waals surface area contributed by atoms with Crippen LogP contribution in [0, 0.1) is 0 Å². The minimum absolute atomic E-state index is 0.358. The number of benzene rings is 1. The first-order valence-corrected chi connectivity index (χ1v) is 5.49. The van der Waals surface area contributed by atoms with Crippen LogP contribution in [-0.4, -0.2) is 6.61 Å². The minimum Gasteiger partial charge on any atom is -0.374 e. The molecule has 2 rings (SSSR count). The van der Waals surface area contributed by atoms with Crippen LogP contribution in [-0.2, 0) is 4.74 Å². The second kappa shape index (κ2) is 4.14. The van der Waals surface area contributed by atoms with E-state index >= 15 is 0 Å². The van der Waals surface area contributed by atoms with Crippen LogP contribution in [0.2, 0.25) is 0 Å². The third kappa shape index (κ3) is 1.98. The maximum Gasteiger partial charge on any atom is 0.0825 e. The van der Waals surface area contributed by atoms with Gasteiger partial charge in [0, 0.05) is 6.61 Å². The highest BCUT2D eigenvalue weighted by atomic mass is 16.5. The summed E-state index contributed by atoms with van der Waals surface area (Å²) < 4.78 is 5.64. The van der Waals surface area contributed by atoms with Crippen molar-refractivity contribution in [2.45, 2.75) is 38.7 Å². The molecule has 1 fully saturated rings. The van der Waals surface area contributed by atoms with Crippen molar-refractivity contribution in [3.05, 3.63) is 35.4 Å². The molecule has 76 valence electrons. The summed E-state index contributed by atoms with van der Waals surface area (Å²) in [6, 6.07) is 8.88. The standard InChI is InChI=1S/C13H18O/c1-10(2)11-5-7-12(8-6-11)13-4-3-9-14-13/h5-8,10,13H,3-4,9H2,1-2H3. The van der Waals surface area contributed by atoms with Crippen molar-refractivity contribution in [3.63, 3.8) is 0 Å². The summed E-state index contributed by atoms with van der Waals surface area (Å²) in [5, 5.41) is 0. The molecule has 0 spiro atoms. The molecule has 1 aliphatic rings. The molecule has 0 N–H and O–H groups in total. The monoisotopic (exact) mass is 190 g/mol. The van der Waals surface area contributed by atoms with E-state index in [0.29, 0.717) is 12.0 Å². The zero-order chi connectivity index (χ0) is 9.97. The molecule has 0 amide bonds. The van der Waals surface area contributed by atoms with E-state index in [9.17, 15) is 0 Å². The summed E-state index contributed by atoms with van der Waals surface area (Å²) >= 11 is 0. The molecular weight excluding hydrogens is 172 g/mol. The molecule has 1 heterocycles. The maximum atomic E-state index is 5.64. The number of ether oxygens (including phenoxy) is 1. The van der Waals surface area contributed by atoms with Crippen LogP contribution in [0.5, 0.6) is 0 Å². The van der Waals surface area contributed by atoms with Crippen molar-refractivity contribution in [2.75, 3.05) is 6.61 Å². The van der Waals surface area contributed by atoms with Gasteiger partial charge in [-0.05, 0) is 29.9 Å². The molecule has 0 radical (unpaired) electrons.